The number of furan rings is 1. The normalized spacial score (nSPS) is 11.1. The van der Waals surface area contributed by atoms with Crippen LogP contribution < -0.4 is 0 Å². The van der Waals surface area contributed by atoms with E-state index >= 15 is 0 Å². The number of carbonyl (C=O) groups is 1. The van der Waals surface area contributed by atoms with E-state index in [-0.39, 0.29) is 11.4 Å². The topological polar surface area (TPSA) is 54.0 Å². The van der Waals surface area contributed by atoms with Crippen LogP contribution in [0.4, 0.5) is 0 Å². The van der Waals surface area contributed by atoms with Gasteiger partial charge in [-0.1, -0.05) is 54.1 Å². The number of rotatable bonds is 4. The number of nitriles is 1. The second-order valence-electron chi connectivity index (χ2n) is 5.08. The Morgan fingerprint density at radius 3 is 2.54 bits per heavy atom. The quantitative estimate of drug-likeness (QED) is 0.365. The highest BCUT2D eigenvalue weighted by molar-refractivity contribution is 6.30. The molecule has 1 aromatic heterocycles. The molecule has 0 aliphatic rings. The van der Waals surface area contributed by atoms with Gasteiger partial charge in [0.25, 0.3) is 0 Å². The summed E-state index contributed by atoms with van der Waals surface area (Å²) >= 11 is 5.98. The minimum Gasteiger partial charge on any atom is -0.457 e. The summed E-state index contributed by atoms with van der Waals surface area (Å²) in [6, 6.07) is 21.4. The zero-order valence-corrected chi connectivity index (χ0v) is 13.3. The molecule has 1 heterocycles. The zero-order chi connectivity index (χ0) is 16.9. The Kier molecular flexibility index (Phi) is 4.60. The number of benzene rings is 2. The smallest absolute Gasteiger partial charge is 0.203 e. The van der Waals surface area contributed by atoms with Crippen LogP contribution in [0.5, 0.6) is 0 Å². The van der Waals surface area contributed by atoms with Crippen molar-refractivity contribution in [3.63, 3.8) is 0 Å². The van der Waals surface area contributed by atoms with E-state index in [0.29, 0.717) is 22.1 Å². The second-order valence-corrected chi connectivity index (χ2v) is 5.51. The monoisotopic (exact) mass is 333 g/mol. The Labute approximate surface area is 144 Å². The summed E-state index contributed by atoms with van der Waals surface area (Å²) in [7, 11) is 0. The molecule has 3 aromatic rings. The van der Waals surface area contributed by atoms with Crippen LogP contribution in [0.2, 0.25) is 5.02 Å². The lowest BCUT2D eigenvalue weighted by atomic mass is 10.0. The molecule has 0 aliphatic heterocycles. The van der Waals surface area contributed by atoms with Gasteiger partial charge in [0.15, 0.2) is 0 Å². The van der Waals surface area contributed by atoms with Gasteiger partial charge in [-0.15, -0.1) is 0 Å². The molecule has 0 fully saturated rings. The molecule has 4 heteroatoms. The first-order valence-electron chi connectivity index (χ1n) is 7.25. The third-order valence-corrected chi connectivity index (χ3v) is 3.66. The van der Waals surface area contributed by atoms with Gasteiger partial charge in [-0.25, -0.2) is 0 Å². The fraction of sp³-hybridized carbons (Fsp3) is 0. The SMILES string of the molecule is N#C/C(=C\c1ccc(-c2cccc(Cl)c2)o1)C(=O)c1ccccc1. The molecular formula is C20H12ClNO2. The molecule has 2 aromatic carbocycles. The van der Waals surface area contributed by atoms with Crippen LogP contribution in [0.15, 0.2) is 76.7 Å². The molecule has 0 radical (unpaired) electrons. The maximum atomic E-state index is 12.4. The van der Waals surface area contributed by atoms with Crippen molar-refractivity contribution in [1.82, 2.24) is 0 Å². The van der Waals surface area contributed by atoms with E-state index in [4.69, 9.17) is 16.0 Å². The Morgan fingerprint density at radius 1 is 1.04 bits per heavy atom. The fourth-order valence-corrected chi connectivity index (χ4v) is 2.45. The molecule has 0 spiro atoms. The molecule has 0 amide bonds. The number of ketones is 1. The van der Waals surface area contributed by atoms with Crippen molar-refractivity contribution in [2.75, 3.05) is 0 Å². The summed E-state index contributed by atoms with van der Waals surface area (Å²) in [5.74, 6) is 0.720. The summed E-state index contributed by atoms with van der Waals surface area (Å²) in [4.78, 5) is 12.4. The third-order valence-electron chi connectivity index (χ3n) is 3.42. The van der Waals surface area contributed by atoms with Gasteiger partial charge in [0.05, 0.1) is 0 Å². The van der Waals surface area contributed by atoms with E-state index in [1.807, 2.05) is 24.3 Å². The molecular weight excluding hydrogens is 322 g/mol. The van der Waals surface area contributed by atoms with E-state index in [1.165, 1.54) is 6.08 Å². The van der Waals surface area contributed by atoms with E-state index < -0.39 is 0 Å². The first kappa shape index (κ1) is 15.8. The lowest BCUT2D eigenvalue weighted by Crippen LogP contribution is -2.01. The van der Waals surface area contributed by atoms with Crippen molar-refractivity contribution in [3.8, 4) is 17.4 Å². The molecule has 24 heavy (non-hydrogen) atoms. The predicted molar refractivity (Wildman–Crippen MR) is 93.5 cm³/mol. The van der Waals surface area contributed by atoms with Gasteiger partial charge in [-0.2, -0.15) is 5.26 Å². The van der Waals surface area contributed by atoms with E-state index in [2.05, 4.69) is 0 Å². The van der Waals surface area contributed by atoms with Crippen molar-refractivity contribution in [1.29, 1.82) is 5.26 Å². The first-order chi connectivity index (χ1) is 11.7. The number of hydrogen-bond donors (Lipinski definition) is 0. The minimum absolute atomic E-state index is 0.0215. The number of allylic oxidation sites excluding steroid dienone is 1. The van der Waals surface area contributed by atoms with Crippen molar-refractivity contribution in [2.45, 2.75) is 0 Å². The maximum absolute atomic E-state index is 12.4. The maximum Gasteiger partial charge on any atom is 0.203 e. The summed E-state index contributed by atoms with van der Waals surface area (Å²) in [5, 5.41) is 9.89. The molecule has 0 saturated heterocycles. The van der Waals surface area contributed by atoms with E-state index in [0.717, 1.165) is 5.56 Å². The average molecular weight is 334 g/mol. The van der Waals surface area contributed by atoms with Crippen molar-refractivity contribution in [3.05, 3.63) is 88.6 Å². The molecule has 0 bridgehead atoms. The first-order valence-corrected chi connectivity index (χ1v) is 7.62. The van der Waals surface area contributed by atoms with Gasteiger partial charge >= 0.3 is 0 Å². The van der Waals surface area contributed by atoms with E-state index in [1.54, 1.807) is 48.5 Å². The van der Waals surface area contributed by atoms with Gasteiger partial charge < -0.3 is 4.42 Å². The molecule has 0 atom stereocenters. The average Bonchev–Trinajstić information content (AvgIpc) is 3.08. The van der Waals surface area contributed by atoms with Gasteiger partial charge in [-0.3, -0.25) is 4.79 Å². The van der Waals surface area contributed by atoms with Gasteiger partial charge in [0, 0.05) is 22.2 Å². The summed E-state index contributed by atoms with van der Waals surface area (Å²) in [6.45, 7) is 0. The van der Waals surface area contributed by atoms with Crippen LogP contribution >= 0.6 is 11.6 Å². The van der Waals surface area contributed by atoms with Crippen LogP contribution in [-0.4, -0.2) is 5.78 Å². The highest BCUT2D eigenvalue weighted by atomic mass is 35.5. The zero-order valence-electron chi connectivity index (χ0n) is 12.6. The Morgan fingerprint density at radius 2 is 1.83 bits per heavy atom. The fourth-order valence-electron chi connectivity index (χ4n) is 2.26. The highest BCUT2D eigenvalue weighted by Gasteiger charge is 2.13. The molecule has 3 rings (SSSR count). The Balaban J connectivity index is 1.90. The van der Waals surface area contributed by atoms with Crippen molar-refractivity contribution < 1.29 is 9.21 Å². The van der Waals surface area contributed by atoms with Crippen molar-refractivity contribution >= 4 is 23.5 Å². The number of hydrogen-bond acceptors (Lipinski definition) is 3. The lowest BCUT2D eigenvalue weighted by Gasteiger charge is -1.99. The van der Waals surface area contributed by atoms with Gasteiger partial charge in [0.2, 0.25) is 5.78 Å². The second kappa shape index (κ2) is 6.99. The van der Waals surface area contributed by atoms with Crippen LogP contribution in [0.25, 0.3) is 17.4 Å². The summed E-state index contributed by atoms with van der Waals surface area (Å²) in [6.07, 6.45) is 1.45. The number of carbonyl (C=O) groups excluding carboxylic acids is 1. The summed E-state index contributed by atoms with van der Waals surface area (Å²) in [5.41, 5.74) is 1.31. The molecule has 116 valence electrons. The summed E-state index contributed by atoms with van der Waals surface area (Å²) < 4.78 is 5.70. The molecule has 0 N–H and O–H groups in total. The third kappa shape index (κ3) is 3.45. The molecule has 0 saturated carbocycles. The van der Waals surface area contributed by atoms with Crippen LogP contribution in [0.1, 0.15) is 16.1 Å². The molecule has 3 nitrogen and oxygen atoms in total. The van der Waals surface area contributed by atoms with Gasteiger partial charge in [0.1, 0.15) is 23.2 Å². The standard InChI is InChI=1S/C20H12ClNO2/c21-17-8-4-7-15(11-17)19-10-9-18(24-19)12-16(13-22)20(23)14-5-2-1-3-6-14/h1-12H/b16-12+. The number of Topliss-reactive ketones (excluding diaryl/α,β-unsaturated/α-hetero) is 1. The Hall–Kier alpha value is -3.09. The largest absolute Gasteiger partial charge is 0.457 e. The van der Waals surface area contributed by atoms with Gasteiger partial charge in [-0.05, 0) is 24.3 Å². The number of halogens is 1. The predicted octanol–water partition coefficient (Wildman–Crippen LogP) is 5.39. The van der Waals surface area contributed by atoms with Crippen LogP contribution in [0.3, 0.4) is 0 Å². The van der Waals surface area contributed by atoms with Crippen LogP contribution in [0, 0.1) is 11.3 Å². The molecule has 0 aliphatic carbocycles. The highest BCUT2D eigenvalue weighted by Crippen LogP contribution is 2.26. The Bertz CT molecular complexity index is 949. The minimum atomic E-state index is -0.334. The lowest BCUT2D eigenvalue weighted by molar-refractivity contribution is 0.104. The van der Waals surface area contributed by atoms with Crippen LogP contribution in [-0.2, 0) is 0 Å². The number of nitrogens with zero attached hydrogens (tertiary/aromatic N) is 1. The van der Waals surface area contributed by atoms with Crippen molar-refractivity contribution in [2.24, 2.45) is 0 Å². The molecule has 0 unspecified atom stereocenters. The van der Waals surface area contributed by atoms with E-state index in [9.17, 15) is 10.1 Å².